The molecule has 1 aliphatic rings. The average molecular weight is 260 g/mol. The number of nitrogens with zero attached hydrogens (tertiary/aromatic N) is 1. The first kappa shape index (κ1) is 14.8. The van der Waals surface area contributed by atoms with Gasteiger partial charge in [-0.1, -0.05) is 12.8 Å². The van der Waals surface area contributed by atoms with Crippen molar-refractivity contribution < 1.29 is 9.90 Å². The van der Waals surface area contributed by atoms with E-state index in [1.54, 1.807) is 16.7 Å². The molecule has 1 rings (SSSR count). The topological polar surface area (TPSA) is 66.6 Å². The van der Waals surface area contributed by atoms with Gasteiger partial charge in [-0.2, -0.15) is 11.8 Å². The molecule has 0 bridgehead atoms. The molecule has 1 fully saturated rings. The smallest absolute Gasteiger partial charge is 0.239 e. The number of rotatable bonds is 5. The van der Waals surface area contributed by atoms with E-state index in [4.69, 9.17) is 5.73 Å². The molecule has 1 unspecified atom stereocenters. The lowest BCUT2D eigenvalue weighted by molar-refractivity contribution is -0.135. The Kier molecular flexibility index (Phi) is 6.92. The summed E-state index contributed by atoms with van der Waals surface area (Å²) in [5.74, 6) is 0.921. The van der Waals surface area contributed by atoms with Gasteiger partial charge in [-0.3, -0.25) is 4.79 Å². The molecule has 1 amide bonds. The third-order valence-corrected chi connectivity index (χ3v) is 3.97. The van der Waals surface area contributed by atoms with Crippen molar-refractivity contribution in [1.29, 1.82) is 0 Å². The lowest BCUT2D eigenvalue weighted by atomic mass is 10.1. The van der Waals surface area contributed by atoms with E-state index in [9.17, 15) is 9.90 Å². The summed E-state index contributed by atoms with van der Waals surface area (Å²) in [6, 6.07) is -0.431. The van der Waals surface area contributed by atoms with Gasteiger partial charge < -0.3 is 15.7 Å². The highest BCUT2D eigenvalue weighted by Crippen LogP contribution is 2.17. The first-order valence-corrected chi connectivity index (χ1v) is 7.76. The maximum Gasteiger partial charge on any atom is 0.239 e. The van der Waals surface area contributed by atoms with Crippen LogP contribution < -0.4 is 5.73 Å². The highest BCUT2D eigenvalue weighted by molar-refractivity contribution is 7.98. The largest absolute Gasteiger partial charge is 0.394 e. The third-order valence-electron chi connectivity index (χ3n) is 3.32. The van der Waals surface area contributed by atoms with Gasteiger partial charge in [0.05, 0.1) is 18.7 Å². The van der Waals surface area contributed by atoms with Crippen LogP contribution in [0.25, 0.3) is 0 Å². The SMILES string of the molecule is CSCC[C@@H](N)C(=O)N1CCCCCC1CO. The van der Waals surface area contributed by atoms with Gasteiger partial charge in [0.2, 0.25) is 5.91 Å². The standard InChI is InChI=1S/C12H24N2O2S/c1-17-8-6-11(13)12(16)14-7-4-2-3-5-10(14)9-15/h10-11,15H,2-9,13H2,1H3/t10?,11-/m1/s1. The predicted molar refractivity (Wildman–Crippen MR) is 72.0 cm³/mol. The number of carbonyl (C=O) groups is 1. The van der Waals surface area contributed by atoms with Crippen LogP contribution in [0.5, 0.6) is 0 Å². The van der Waals surface area contributed by atoms with Gasteiger partial charge in [-0.25, -0.2) is 0 Å². The number of nitrogens with two attached hydrogens (primary N) is 1. The van der Waals surface area contributed by atoms with Crippen LogP contribution in [-0.4, -0.2) is 53.2 Å². The van der Waals surface area contributed by atoms with Crippen molar-refractivity contribution in [3.05, 3.63) is 0 Å². The lowest BCUT2D eigenvalue weighted by Gasteiger charge is -2.30. The zero-order chi connectivity index (χ0) is 12.7. The Morgan fingerprint density at radius 1 is 1.53 bits per heavy atom. The highest BCUT2D eigenvalue weighted by atomic mass is 32.2. The molecule has 100 valence electrons. The van der Waals surface area contributed by atoms with E-state index < -0.39 is 6.04 Å². The summed E-state index contributed by atoms with van der Waals surface area (Å²) >= 11 is 1.70. The van der Waals surface area contributed by atoms with Crippen LogP contribution in [-0.2, 0) is 4.79 Å². The van der Waals surface area contributed by atoms with E-state index >= 15 is 0 Å². The van der Waals surface area contributed by atoms with Gasteiger partial charge in [-0.15, -0.1) is 0 Å². The van der Waals surface area contributed by atoms with Gasteiger partial charge in [-0.05, 0) is 31.3 Å². The van der Waals surface area contributed by atoms with Gasteiger partial charge in [0.1, 0.15) is 0 Å². The molecule has 0 aromatic heterocycles. The normalized spacial score (nSPS) is 23.2. The summed E-state index contributed by atoms with van der Waals surface area (Å²) in [5.41, 5.74) is 5.92. The van der Waals surface area contributed by atoms with Crippen molar-refractivity contribution in [1.82, 2.24) is 4.90 Å². The van der Waals surface area contributed by atoms with Gasteiger partial charge in [0, 0.05) is 6.54 Å². The summed E-state index contributed by atoms with van der Waals surface area (Å²) in [4.78, 5) is 14.0. The molecule has 5 heteroatoms. The number of amides is 1. The molecule has 0 aliphatic carbocycles. The third kappa shape index (κ3) is 4.48. The summed E-state index contributed by atoms with van der Waals surface area (Å²) in [7, 11) is 0. The molecule has 0 spiro atoms. The molecule has 1 heterocycles. The van der Waals surface area contributed by atoms with Crippen LogP contribution in [0, 0.1) is 0 Å². The fraction of sp³-hybridized carbons (Fsp3) is 0.917. The Labute approximate surface area is 108 Å². The van der Waals surface area contributed by atoms with E-state index in [0.717, 1.165) is 38.0 Å². The minimum atomic E-state index is -0.408. The van der Waals surface area contributed by atoms with Crippen molar-refractivity contribution in [3.63, 3.8) is 0 Å². The fourth-order valence-electron chi connectivity index (χ4n) is 2.24. The van der Waals surface area contributed by atoms with Crippen LogP contribution in [0.15, 0.2) is 0 Å². The quantitative estimate of drug-likeness (QED) is 0.768. The maximum atomic E-state index is 12.2. The first-order valence-electron chi connectivity index (χ1n) is 6.36. The molecule has 1 saturated heterocycles. The number of aliphatic hydroxyl groups is 1. The number of likely N-dealkylation sites (tertiary alicyclic amines) is 1. The molecular formula is C12H24N2O2S. The first-order chi connectivity index (χ1) is 8.20. The zero-order valence-corrected chi connectivity index (χ0v) is 11.4. The van der Waals surface area contributed by atoms with E-state index in [2.05, 4.69) is 0 Å². The second kappa shape index (κ2) is 7.95. The Morgan fingerprint density at radius 2 is 2.29 bits per heavy atom. The second-order valence-electron chi connectivity index (χ2n) is 4.61. The molecule has 0 radical (unpaired) electrons. The summed E-state index contributed by atoms with van der Waals surface area (Å²) in [5, 5.41) is 9.35. The van der Waals surface area contributed by atoms with E-state index in [0.29, 0.717) is 6.42 Å². The summed E-state index contributed by atoms with van der Waals surface area (Å²) in [6.45, 7) is 0.804. The summed E-state index contributed by atoms with van der Waals surface area (Å²) in [6.07, 6.45) is 6.89. The summed E-state index contributed by atoms with van der Waals surface area (Å²) < 4.78 is 0. The van der Waals surface area contributed by atoms with Gasteiger partial charge in [0.25, 0.3) is 0 Å². The van der Waals surface area contributed by atoms with Crippen LogP contribution in [0.1, 0.15) is 32.1 Å². The van der Waals surface area contributed by atoms with Crippen molar-refractivity contribution in [2.24, 2.45) is 5.73 Å². The highest BCUT2D eigenvalue weighted by Gasteiger charge is 2.27. The maximum absolute atomic E-state index is 12.2. The Hall–Kier alpha value is -0.260. The van der Waals surface area contributed by atoms with Crippen molar-refractivity contribution in [3.8, 4) is 0 Å². The van der Waals surface area contributed by atoms with E-state index in [1.807, 2.05) is 6.26 Å². The minimum Gasteiger partial charge on any atom is -0.394 e. The van der Waals surface area contributed by atoms with Crippen molar-refractivity contribution in [2.45, 2.75) is 44.2 Å². The zero-order valence-electron chi connectivity index (χ0n) is 10.6. The predicted octanol–water partition coefficient (Wildman–Crippen LogP) is 0.830. The van der Waals surface area contributed by atoms with Crippen LogP contribution in [0.3, 0.4) is 0 Å². The number of thioether (sulfide) groups is 1. The monoisotopic (exact) mass is 260 g/mol. The number of hydrogen-bond acceptors (Lipinski definition) is 4. The number of aliphatic hydroxyl groups excluding tert-OH is 1. The van der Waals surface area contributed by atoms with Crippen molar-refractivity contribution in [2.75, 3.05) is 25.2 Å². The lowest BCUT2D eigenvalue weighted by Crippen LogP contribution is -2.49. The van der Waals surface area contributed by atoms with Crippen LogP contribution in [0.2, 0.25) is 0 Å². The average Bonchev–Trinajstić information content (AvgIpc) is 2.59. The Balaban J connectivity index is 2.56. The number of hydrogen-bond donors (Lipinski definition) is 2. The molecule has 2 atom stereocenters. The van der Waals surface area contributed by atoms with E-state index in [-0.39, 0.29) is 18.6 Å². The van der Waals surface area contributed by atoms with Gasteiger partial charge in [0.15, 0.2) is 0 Å². The second-order valence-corrected chi connectivity index (χ2v) is 5.59. The molecule has 4 nitrogen and oxygen atoms in total. The van der Waals surface area contributed by atoms with Crippen molar-refractivity contribution >= 4 is 17.7 Å². The molecule has 1 aliphatic heterocycles. The molecule has 17 heavy (non-hydrogen) atoms. The van der Waals surface area contributed by atoms with Crippen LogP contribution >= 0.6 is 11.8 Å². The van der Waals surface area contributed by atoms with Crippen LogP contribution in [0.4, 0.5) is 0 Å². The Bertz CT molecular complexity index is 239. The molecular weight excluding hydrogens is 236 g/mol. The number of carbonyl (C=O) groups excluding carboxylic acids is 1. The Morgan fingerprint density at radius 3 is 2.94 bits per heavy atom. The molecule has 0 aromatic rings. The molecule has 0 aromatic carbocycles. The van der Waals surface area contributed by atoms with E-state index in [1.165, 1.54) is 0 Å². The molecule has 3 N–H and O–H groups in total. The fourth-order valence-corrected chi connectivity index (χ4v) is 2.73. The van der Waals surface area contributed by atoms with Gasteiger partial charge >= 0.3 is 0 Å². The molecule has 0 saturated carbocycles. The minimum absolute atomic E-state index is 0.0139.